The molecule has 0 aliphatic carbocycles. The molecule has 2 aliphatic rings. The van der Waals surface area contributed by atoms with E-state index < -0.39 is 0 Å². The highest BCUT2D eigenvalue weighted by Gasteiger charge is 2.49. The van der Waals surface area contributed by atoms with Gasteiger partial charge in [-0.15, -0.1) is 0 Å². The minimum Gasteiger partial charge on any atom is -0.457 e. The quantitative estimate of drug-likeness (QED) is 0.532. The first-order valence-electron chi connectivity index (χ1n) is 7.30. The van der Waals surface area contributed by atoms with Gasteiger partial charge in [-0.1, -0.05) is 20.3 Å². The summed E-state index contributed by atoms with van der Waals surface area (Å²) in [6.45, 7) is 5.37. The van der Waals surface area contributed by atoms with Crippen molar-refractivity contribution in [3.63, 3.8) is 0 Å². The van der Waals surface area contributed by atoms with Crippen molar-refractivity contribution in [1.29, 1.82) is 0 Å². The average Bonchev–Trinajstić information content (AvgIpc) is 2.94. The Labute approximate surface area is 119 Å². The van der Waals surface area contributed by atoms with Crippen molar-refractivity contribution in [3.05, 3.63) is 0 Å². The Kier molecular flexibility index (Phi) is 5.98. The molecule has 4 atom stereocenters. The van der Waals surface area contributed by atoms with Crippen LogP contribution < -0.4 is 0 Å². The van der Waals surface area contributed by atoms with Crippen LogP contribution in [0.5, 0.6) is 0 Å². The molecule has 2 fully saturated rings. The largest absolute Gasteiger partial charge is 0.457 e. The maximum Gasteiger partial charge on any atom is 0.306 e. The number of hydrogen-bond acceptors (Lipinski definition) is 5. The Bertz CT molecular complexity index is 297. The summed E-state index contributed by atoms with van der Waals surface area (Å²) in [7, 11) is 0. The number of ether oxygens (including phenoxy) is 3. The first-order valence-corrected chi connectivity index (χ1v) is 8.35. The third kappa shape index (κ3) is 3.86. The van der Waals surface area contributed by atoms with E-state index in [4.69, 9.17) is 14.2 Å². The van der Waals surface area contributed by atoms with E-state index in [2.05, 4.69) is 6.92 Å². The molecule has 0 N–H and O–H groups in total. The predicted molar refractivity (Wildman–Crippen MR) is 75.4 cm³/mol. The molecule has 0 bridgehead atoms. The van der Waals surface area contributed by atoms with E-state index in [-0.39, 0.29) is 24.3 Å². The van der Waals surface area contributed by atoms with Crippen LogP contribution in [-0.4, -0.2) is 48.5 Å². The van der Waals surface area contributed by atoms with Crippen molar-refractivity contribution in [2.24, 2.45) is 0 Å². The van der Waals surface area contributed by atoms with Crippen molar-refractivity contribution in [3.8, 4) is 0 Å². The highest BCUT2D eigenvalue weighted by Crippen LogP contribution is 2.35. The van der Waals surface area contributed by atoms with Gasteiger partial charge in [0.1, 0.15) is 12.2 Å². The van der Waals surface area contributed by atoms with Crippen LogP contribution in [0.25, 0.3) is 0 Å². The van der Waals surface area contributed by atoms with Crippen LogP contribution in [0.2, 0.25) is 0 Å². The van der Waals surface area contributed by atoms with Gasteiger partial charge in [0.05, 0.1) is 18.5 Å². The standard InChI is InChI=1S/C14H24O4S/c1-3-5-7-19-11-9-17-13-10(8-16-14(11)13)18-12(15)6-4-2/h10-11,13-14H,3-9H2,1-2H3/t10-,11-,13-,14-/m1/s1. The van der Waals surface area contributed by atoms with Crippen molar-refractivity contribution < 1.29 is 19.0 Å². The molecule has 5 heteroatoms. The smallest absolute Gasteiger partial charge is 0.306 e. The first kappa shape index (κ1) is 15.1. The lowest BCUT2D eigenvalue weighted by Crippen LogP contribution is -2.33. The number of rotatable bonds is 7. The van der Waals surface area contributed by atoms with Gasteiger partial charge in [0.15, 0.2) is 6.10 Å². The number of thioether (sulfide) groups is 1. The normalized spacial score (nSPS) is 33.4. The van der Waals surface area contributed by atoms with Gasteiger partial charge in [0.25, 0.3) is 0 Å². The molecule has 0 aromatic heterocycles. The number of carbonyl (C=O) groups excluding carboxylic acids is 1. The zero-order valence-electron chi connectivity index (χ0n) is 11.8. The maximum atomic E-state index is 11.5. The Morgan fingerprint density at radius 3 is 2.74 bits per heavy atom. The van der Waals surface area contributed by atoms with Crippen LogP contribution >= 0.6 is 11.8 Å². The summed E-state index contributed by atoms with van der Waals surface area (Å²) < 4.78 is 17.0. The maximum absolute atomic E-state index is 11.5. The van der Waals surface area contributed by atoms with Gasteiger partial charge < -0.3 is 14.2 Å². The molecule has 0 spiro atoms. The van der Waals surface area contributed by atoms with Crippen molar-refractivity contribution >= 4 is 17.7 Å². The Morgan fingerprint density at radius 2 is 2.00 bits per heavy atom. The molecule has 2 aliphatic heterocycles. The second-order valence-electron chi connectivity index (χ2n) is 5.14. The van der Waals surface area contributed by atoms with Crippen molar-refractivity contribution in [1.82, 2.24) is 0 Å². The Balaban J connectivity index is 1.78. The van der Waals surface area contributed by atoms with Gasteiger partial charge in [-0.3, -0.25) is 4.79 Å². The molecular formula is C14H24O4S. The summed E-state index contributed by atoms with van der Waals surface area (Å²) in [4.78, 5) is 11.5. The molecule has 0 unspecified atom stereocenters. The van der Waals surface area contributed by atoms with E-state index in [9.17, 15) is 4.79 Å². The molecule has 2 saturated heterocycles. The average molecular weight is 288 g/mol. The van der Waals surface area contributed by atoms with E-state index in [1.807, 2.05) is 18.7 Å². The summed E-state index contributed by atoms with van der Waals surface area (Å²) in [6, 6.07) is 0. The molecule has 2 rings (SSSR count). The monoisotopic (exact) mass is 288 g/mol. The minimum absolute atomic E-state index is 0.0556. The third-order valence-electron chi connectivity index (χ3n) is 3.53. The summed E-state index contributed by atoms with van der Waals surface area (Å²) >= 11 is 1.93. The number of esters is 1. The van der Waals surface area contributed by atoms with E-state index in [0.29, 0.717) is 24.9 Å². The topological polar surface area (TPSA) is 44.8 Å². The zero-order valence-corrected chi connectivity index (χ0v) is 12.6. The molecule has 19 heavy (non-hydrogen) atoms. The molecule has 0 aromatic carbocycles. The van der Waals surface area contributed by atoms with Gasteiger partial charge in [-0.05, 0) is 18.6 Å². The second-order valence-corrected chi connectivity index (χ2v) is 6.48. The summed E-state index contributed by atoms with van der Waals surface area (Å²) in [5.41, 5.74) is 0. The van der Waals surface area contributed by atoms with E-state index in [1.165, 1.54) is 12.8 Å². The van der Waals surface area contributed by atoms with E-state index in [0.717, 1.165) is 12.2 Å². The predicted octanol–water partition coefficient (Wildman–Crippen LogP) is 2.40. The van der Waals surface area contributed by atoms with Crippen molar-refractivity contribution in [2.45, 2.75) is 63.1 Å². The number of unbranched alkanes of at least 4 members (excludes halogenated alkanes) is 1. The Morgan fingerprint density at radius 1 is 1.21 bits per heavy atom. The lowest BCUT2D eigenvalue weighted by atomic mass is 10.1. The zero-order chi connectivity index (χ0) is 13.7. The fourth-order valence-corrected chi connectivity index (χ4v) is 3.84. The van der Waals surface area contributed by atoms with Gasteiger partial charge >= 0.3 is 5.97 Å². The second kappa shape index (κ2) is 7.50. The lowest BCUT2D eigenvalue weighted by molar-refractivity contribution is -0.153. The van der Waals surface area contributed by atoms with Crippen LogP contribution in [0.1, 0.15) is 39.5 Å². The SMILES string of the molecule is CCCCS[C@@H]1CO[C@H]2[C@@H]1OC[C@H]2OC(=O)CCC. The van der Waals surface area contributed by atoms with Crippen LogP contribution in [0.15, 0.2) is 0 Å². The molecule has 0 saturated carbocycles. The fraction of sp³-hybridized carbons (Fsp3) is 0.929. The molecule has 110 valence electrons. The van der Waals surface area contributed by atoms with Crippen LogP contribution in [0.3, 0.4) is 0 Å². The van der Waals surface area contributed by atoms with E-state index >= 15 is 0 Å². The number of carbonyl (C=O) groups is 1. The molecule has 0 aromatic rings. The van der Waals surface area contributed by atoms with Gasteiger partial charge in [-0.25, -0.2) is 0 Å². The molecular weight excluding hydrogens is 264 g/mol. The van der Waals surface area contributed by atoms with Crippen molar-refractivity contribution in [2.75, 3.05) is 19.0 Å². The fourth-order valence-electron chi connectivity index (χ4n) is 2.48. The molecule has 2 heterocycles. The lowest BCUT2D eigenvalue weighted by Gasteiger charge is -2.16. The highest BCUT2D eigenvalue weighted by molar-refractivity contribution is 8.00. The minimum atomic E-state index is -0.208. The summed E-state index contributed by atoms with van der Waals surface area (Å²) in [6.07, 6.45) is 3.57. The molecule has 0 radical (unpaired) electrons. The molecule has 4 nitrogen and oxygen atoms in total. The van der Waals surface area contributed by atoms with Crippen LogP contribution in [0, 0.1) is 0 Å². The van der Waals surface area contributed by atoms with Crippen LogP contribution in [0.4, 0.5) is 0 Å². The number of fused-ring (bicyclic) bond motifs is 1. The van der Waals surface area contributed by atoms with E-state index in [1.54, 1.807) is 0 Å². The highest BCUT2D eigenvalue weighted by atomic mass is 32.2. The van der Waals surface area contributed by atoms with Gasteiger partial charge in [-0.2, -0.15) is 11.8 Å². The Hall–Kier alpha value is -0.260. The number of hydrogen-bond donors (Lipinski definition) is 0. The first-order chi connectivity index (χ1) is 9.26. The summed E-state index contributed by atoms with van der Waals surface area (Å²) in [5, 5.41) is 0.395. The van der Waals surface area contributed by atoms with Gasteiger partial charge in [0.2, 0.25) is 0 Å². The van der Waals surface area contributed by atoms with Crippen LogP contribution in [-0.2, 0) is 19.0 Å². The molecule has 0 amide bonds. The van der Waals surface area contributed by atoms with Gasteiger partial charge in [0, 0.05) is 6.42 Å². The third-order valence-corrected chi connectivity index (χ3v) is 4.89. The summed E-state index contributed by atoms with van der Waals surface area (Å²) in [5.74, 6) is 1.01.